The van der Waals surface area contributed by atoms with Gasteiger partial charge in [-0.15, -0.1) is 0 Å². The molecule has 2 aromatic rings. The number of carbonyl (C=O) groups is 2. The second-order valence-corrected chi connectivity index (χ2v) is 5.95. The van der Waals surface area contributed by atoms with E-state index in [9.17, 15) is 9.59 Å². The lowest BCUT2D eigenvalue weighted by Crippen LogP contribution is -2.17. The minimum absolute atomic E-state index is 0.143. The summed E-state index contributed by atoms with van der Waals surface area (Å²) in [7, 11) is 0. The summed E-state index contributed by atoms with van der Waals surface area (Å²) in [5.74, 6) is -0.114. The van der Waals surface area contributed by atoms with Crippen LogP contribution in [-0.4, -0.2) is 23.4 Å². The molecule has 0 saturated heterocycles. The normalized spacial score (nSPS) is 12.5. The zero-order valence-corrected chi connectivity index (χ0v) is 14.4. The van der Waals surface area contributed by atoms with E-state index in [-0.39, 0.29) is 12.5 Å². The standard InChI is InChI=1S/C19H21N3O3/c1-3-4-10-20-17-15-14(11-25-19(15)24)16(12(2)21-17)22-18(23)13-8-6-5-7-9-13/h5-9H,3-4,10-11H2,1-2H3,(H,20,21)(H,22,23). The molecule has 0 fully saturated rings. The van der Waals surface area contributed by atoms with Crippen LogP contribution in [0, 0.1) is 6.92 Å². The van der Waals surface area contributed by atoms with Crippen molar-refractivity contribution >= 4 is 23.4 Å². The van der Waals surface area contributed by atoms with Crippen LogP contribution >= 0.6 is 0 Å². The second-order valence-electron chi connectivity index (χ2n) is 5.95. The molecule has 0 saturated carbocycles. The molecule has 25 heavy (non-hydrogen) atoms. The fourth-order valence-electron chi connectivity index (χ4n) is 2.79. The van der Waals surface area contributed by atoms with E-state index in [1.165, 1.54) is 0 Å². The Labute approximate surface area is 146 Å². The van der Waals surface area contributed by atoms with Crippen molar-refractivity contribution in [1.82, 2.24) is 4.98 Å². The maximum atomic E-state index is 12.5. The summed E-state index contributed by atoms with van der Waals surface area (Å²) >= 11 is 0. The quantitative estimate of drug-likeness (QED) is 0.622. The molecule has 1 aromatic carbocycles. The minimum Gasteiger partial charge on any atom is -0.457 e. The number of ether oxygens (including phenoxy) is 1. The van der Waals surface area contributed by atoms with Crippen LogP contribution in [0.1, 0.15) is 51.7 Å². The molecule has 0 atom stereocenters. The summed E-state index contributed by atoms with van der Waals surface area (Å²) in [6.07, 6.45) is 2.03. The lowest BCUT2D eigenvalue weighted by Gasteiger charge is -2.15. The van der Waals surface area contributed by atoms with Gasteiger partial charge in [0, 0.05) is 17.7 Å². The Kier molecular flexibility index (Phi) is 4.97. The van der Waals surface area contributed by atoms with Gasteiger partial charge < -0.3 is 15.4 Å². The van der Waals surface area contributed by atoms with E-state index in [4.69, 9.17) is 4.74 Å². The molecule has 1 aliphatic heterocycles. The van der Waals surface area contributed by atoms with Crippen molar-refractivity contribution in [1.29, 1.82) is 0 Å². The number of hydrogen-bond donors (Lipinski definition) is 2. The van der Waals surface area contributed by atoms with Crippen molar-refractivity contribution in [2.45, 2.75) is 33.3 Å². The third-order valence-corrected chi connectivity index (χ3v) is 4.13. The Morgan fingerprint density at radius 2 is 2.04 bits per heavy atom. The molecule has 6 heteroatoms. The van der Waals surface area contributed by atoms with Gasteiger partial charge in [-0.2, -0.15) is 0 Å². The van der Waals surface area contributed by atoms with Gasteiger partial charge in [-0.3, -0.25) is 4.79 Å². The fourth-order valence-corrected chi connectivity index (χ4v) is 2.79. The smallest absolute Gasteiger partial charge is 0.342 e. The van der Waals surface area contributed by atoms with E-state index >= 15 is 0 Å². The number of pyridine rings is 1. The molecule has 0 bridgehead atoms. The number of nitrogens with one attached hydrogen (secondary N) is 2. The molecule has 1 aliphatic rings. The Morgan fingerprint density at radius 3 is 2.76 bits per heavy atom. The molecule has 130 valence electrons. The van der Waals surface area contributed by atoms with Gasteiger partial charge in [-0.1, -0.05) is 31.5 Å². The Balaban J connectivity index is 1.93. The number of unbranched alkanes of at least 4 members (excludes halogenated alkanes) is 1. The highest BCUT2D eigenvalue weighted by Gasteiger charge is 2.31. The molecule has 2 N–H and O–H groups in total. The van der Waals surface area contributed by atoms with Gasteiger partial charge in [0.05, 0.1) is 11.4 Å². The number of carbonyl (C=O) groups excluding carboxylic acids is 2. The van der Waals surface area contributed by atoms with Crippen molar-refractivity contribution < 1.29 is 14.3 Å². The average Bonchev–Trinajstić information content (AvgIpc) is 3.01. The number of aryl methyl sites for hydroxylation is 1. The van der Waals surface area contributed by atoms with Crippen molar-refractivity contribution in [3.63, 3.8) is 0 Å². The first-order chi connectivity index (χ1) is 12.1. The molecular weight excluding hydrogens is 318 g/mol. The van der Waals surface area contributed by atoms with Gasteiger partial charge in [0.15, 0.2) is 0 Å². The van der Waals surface area contributed by atoms with Gasteiger partial charge in [-0.25, -0.2) is 9.78 Å². The number of amides is 1. The van der Waals surface area contributed by atoms with Crippen LogP contribution in [0.5, 0.6) is 0 Å². The lowest BCUT2D eigenvalue weighted by molar-refractivity contribution is 0.0536. The van der Waals surface area contributed by atoms with Gasteiger partial charge in [0.25, 0.3) is 5.91 Å². The zero-order valence-electron chi connectivity index (χ0n) is 14.4. The maximum Gasteiger partial charge on any atom is 0.342 e. The third kappa shape index (κ3) is 3.47. The molecule has 0 radical (unpaired) electrons. The van der Waals surface area contributed by atoms with E-state index < -0.39 is 5.97 Å². The fraction of sp³-hybridized carbons (Fsp3) is 0.316. The largest absolute Gasteiger partial charge is 0.457 e. The van der Waals surface area contributed by atoms with Crippen LogP contribution in [0.4, 0.5) is 11.5 Å². The van der Waals surface area contributed by atoms with Crippen molar-refractivity contribution in [2.75, 3.05) is 17.2 Å². The third-order valence-electron chi connectivity index (χ3n) is 4.13. The molecule has 6 nitrogen and oxygen atoms in total. The molecule has 1 aromatic heterocycles. The maximum absolute atomic E-state index is 12.5. The van der Waals surface area contributed by atoms with E-state index in [2.05, 4.69) is 22.5 Å². The van der Waals surface area contributed by atoms with E-state index in [1.807, 2.05) is 13.0 Å². The van der Waals surface area contributed by atoms with Crippen molar-refractivity contribution in [3.8, 4) is 0 Å². The van der Waals surface area contributed by atoms with E-state index in [0.29, 0.717) is 33.9 Å². The van der Waals surface area contributed by atoms with Gasteiger partial charge in [0.2, 0.25) is 0 Å². The lowest BCUT2D eigenvalue weighted by atomic mass is 10.1. The van der Waals surface area contributed by atoms with E-state index in [1.54, 1.807) is 24.3 Å². The highest BCUT2D eigenvalue weighted by molar-refractivity contribution is 6.07. The first kappa shape index (κ1) is 17.0. The molecule has 3 rings (SSSR count). The highest BCUT2D eigenvalue weighted by atomic mass is 16.5. The summed E-state index contributed by atoms with van der Waals surface area (Å²) in [5.41, 5.74) is 2.85. The second kappa shape index (κ2) is 7.34. The first-order valence-electron chi connectivity index (χ1n) is 8.42. The number of nitrogens with zero attached hydrogens (tertiary/aromatic N) is 1. The minimum atomic E-state index is -0.406. The molecule has 0 aliphatic carbocycles. The Hall–Kier alpha value is -2.89. The van der Waals surface area contributed by atoms with Crippen LogP contribution in [0.15, 0.2) is 30.3 Å². The molecule has 0 unspecified atom stereocenters. The average molecular weight is 339 g/mol. The van der Waals surface area contributed by atoms with Crippen LogP contribution in [0.25, 0.3) is 0 Å². The predicted octanol–water partition coefficient (Wildman–Crippen LogP) is 3.52. The number of esters is 1. The number of fused-ring (bicyclic) bond motifs is 1. The van der Waals surface area contributed by atoms with Crippen molar-refractivity contribution in [3.05, 3.63) is 52.7 Å². The Bertz CT molecular complexity index is 803. The molecule has 1 amide bonds. The number of rotatable bonds is 6. The molecular formula is C19H21N3O3. The predicted molar refractivity (Wildman–Crippen MR) is 95.9 cm³/mol. The van der Waals surface area contributed by atoms with Crippen LogP contribution in [-0.2, 0) is 11.3 Å². The van der Waals surface area contributed by atoms with E-state index in [0.717, 1.165) is 19.4 Å². The topological polar surface area (TPSA) is 80.3 Å². The van der Waals surface area contributed by atoms with Gasteiger partial charge in [-0.05, 0) is 25.5 Å². The number of aromatic nitrogens is 1. The van der Waals surface area contributed by atoms with Gasteiger partial charge in [0.1, 0.15) is 18.0 Å². The number of benzene rings is 1. The first-order valence-corrected chi connectivity index (χ1v) is 8.42. The highest BCUT2D eigenvalue weighted by Crippen LogP contribution is 2.34. The summed E-state index contributed by atoms with van der Waals surface area (Å²) in [6.45, 7) is 4.79. The molecule has 2 heterocycles. The zero-order chi connectivity index (χ0) is 17.8. The SMILES string of the molecule is CCCCNc1nc(C)c(NC(=O)c2ccccc2)c2c1C(=O)OC2. The summed E-state index contributed by atoms with van der Waals surface area (Å²) in [6, 6.07) is 8.93. The number of cyclic esters (lactones) is 1. The van der Waals surface area contributed by atoms with Crippen LogP contribution in [0.3, 0.4) is 0 Å². The summed E-state index contributed by atoms with van der Waals surface area (Å²) < 4.78 is 5.18. The van der Waals surface area contributed by atoms with Crippen LogP contribution < -0.4 is 10.6 Å². The van der Waals surface area contributed by atoms with Gasteiger partial charge >= 0.3 is 5.97 Å². The number of hydrogen-bond acceptors (Lipinski definition) is 5. The monoisotopic (exact) mass is 339 g/mol. The van der Waals surface area contributed by atoms with Crippen molar-refractivity contribution in [2.24, 2.45) is 0 Å². The Morgan fingerprint density at radius 1 is 1.28 bits per heavy atom. The molecule has 0 spiro atoms. The van der Waals surface area contributed by atoms with Crippen LogP contribution in [0.2, 0.25) is 0 Å². The summed E-state index contributed by atoms with van der Waals surface area (Å²) in [4.78, 5) is 29.1. The summed E-state index contributed by atoms with van der Waals surface area (Å²) in [5, 5.41) is 6.09. The number of anilines is 2.